The molecule has 0 aliphatic carbocycles. The van der Waals surface area contributed by atoms with Crippen molar-refractivity contribution in [1.29, 1.82) is 0 Å². The van der Waals surface area contributed by atoms with Crippen LogP contribution in [0.25, 0.3) is 0 Å². The van der Waals surface area contributed by atoms with E-state index in [9.17, 15) is 0 Å². The van der Waals surface area contributed by atoms with E-state index in [0.29, 0.717) is 0 Å². The van der Waals surface area contributed by atoms with Gasteiger partial charge >= 0.3 is 179 Å². The molecule has 4 aromatic rings. The molecule has 0 nitrogen and oxygen atoms in total. The summed E-state index contributed by atoms with van der Waals surface area (Å²) in [6.07, 6.45) is 0. The molecular weight excluding hydrogens is 467 g/mol. The first-order valence-corrected chi connectivity index (χ1v) is 14.8. The van der Waals surface area contributed by atoms with E-state index in [-0.39, 0.29) is 0 Å². The summed E-state index contributed by atoms with van der Waals surface area (Å²) in [6, 6.07) is 42.6. The van der Waals surface area contributed by atoms with Crippen molar-refractivity contribution in [1.82, 2.24) is 0 Å². The summed E-state index contributed by atoms with van der Waals surface area (Å²) in [5.74, 6) is 0. The molecule has 28 heavy (non-hydrogen) atoms. The van der Waals surface area contributed by atoms with Crippen molar-refractivity contribution >= 4 is 42.5 Å². The maximum absolute atomic E-state index is 3.56. The Bertz CT molecular complexity index is 900. The van der Waals surface area contributed by atoms with Gasteiger partial charge in [-0.2, -0.15) is 0 Å². The van der Waals surface area contributed by atoms with E-state index in [1.165, 1.54) is 24.2 Å². The zero-order chi connectivity index (χ0) is 19.2. The second-order valence-electron chi connectivity index (χ2n) is 6.92. The van der Waals surface area contributed by atoms with Crippen LogP contribution in [0.4, 0.5) is 0 Å². The third kappa shape index (κ3) is 3.88. The molecular formula is C26H23AsBr+. The Hall–Kier alpha value is -2.08. The average molecular weight is 490 g/mol. The van der Waals surface area contributed by atoms with E-state index in [2.05, 4.69) is 131 Å². The van der Waals surface area contributed by atoms with E-state index in [4.69, 9.17) is 0 Å². The SMILES string of the molecule is BrCc1ccc(C[As+](c2ccccc2)(c2ccccc2)c2ccccc2)cc1. The monoisotopic (exact) mass is 489 g/mol. The summed E-state index contributed by atoms with van der Waals surface area (Å²) in [6.45, 7) is 0. The fourth-order valence-corrected chi connectivity index (χ4v) is 13.1. The van der Waals surface area contributed by atoms with Crippen molar-refractivity contribution in [3.63, 3.8) is 0 Å². The zero-order valence-electron chi connectivity index (χ0n) is 15.7. The van der Waals surface area contributed by atoms with Crippen LogP contribution in [0.1, 0.15) is 11.1 Å². The Morgan fingerprint density at radius 1 is 0.464 bits per heavy atom. The minimum atomic E-state index is -2.67. The van der Waals surface area contributed by atoms with Crippen LogP contribution >= 0.6 is 15.9 Å². The van der Waals surface area contributed by atoms with Gasteiger partial charge in [-0.05, 0) is 0 Å². The molecule has 138 valence electrons. The standard InChI is InChI=1S/C26H23AsBr/c28-21-23-18-16-22(17-19-23)20-27(24-10-4-1-5-11-24,25-12-6-2-7-13-25)26-14-8-3-9-15-26/h1-19H,20-21H2/q+1. The third-order valence-electron chi connectivity index (χ3n) is 5.19. The molecule has 2 heteroatoms. The molecule has 0 aromatic heterocycles. The second-order valence-corrected chi connectivity index (χ2v) is 14.8. The predicted molar refractivity (Wildman–Crippen MR) is 127 cm³/mol. The fourth-order valence-electron chi connectivity index (χ4n) is 3.78. The summed E-state index contributed by atoms with van der Waals surface area (Å²) in [5, 5.41) is 1.98. The maximum atomic E-state index is 3.56. The molecule has 0 spiro atoms. The van der Waals surface area contributed by atoms with Gasteiger partial charge in [0.05, 0.1) is 0 Å². The first kappa shape index (κ1) is 19.2. The van der Waals surface area contributed by atoms with Gasteiger partial charge in [0.25, 0.3) is 0 Å². The number of benzene rings is 4. The van der Waals surface area contributed by atoms with Crippen LogP contribution in [-0.4, -0.2) is 13.6 Å². The number of hydrogen-bond donors (Lipinski definition) is 0. The van der Waals surface area contributed by atoms with Crippen molar-refractivity contribution in [3.05, 3.63) is 126 Å². The normalized spacial score (nSPS) is 11.3. The first-order valence-electron chi connectivity index (χ1n) is 9.51. The van der Waals surface area contributed by atoms with Crippen LogP contribution in [0.5, 0.6) is 0 Å². The molecule has 0 aliphatic rings. The molecule has 0 saturated heterocycles. The Balaban J connectivity index is 1.95. The van der Waals surface area contributed by atoms with Crippen LogP contribution in [0, 0.1) is 0 Å². The number of hydrogen-bond acceptors (Lipinski definition) is 0. The molecule has 0 amide bonds. The average Bonchev–Trinajstić information content (AvgIpc) is 2.80. The summed E-state index contributed by atoms with van der Waals surface area (Å²) in [7, 11) is 0. The van der Waals surface area contributed by atoms with Crippen molar-refractivity contribution in [2.24, 2.45) is 0 Å². The summed E-state index contributed by atoms with van der Waals surface area (Å²) in [5.41, 5.74) is 2.73. The predicted octanol–water partition coefficient (Wildman–Crippen LogP) is 4.83. The van der Waals surface area contributed by atoms with Crippen LogP contribution < -0.4 is 13.1 Å². The first-order chi connectivity index (χ1) is 13.8. The van der Waals surface area contributed by atoms with Crippen molar-refractivity contribution in [2.75, 3.05) is 0 Å². The van der Waals surface area contributed by atoms with Gasteiger partial charge in [0, 0.05) is 0 Å². The van der Waals surface area contributed by atoms with Gasteiger partial charge in [-0.3, -0.25) is 0 Å². The van der Waals surface area contributed by atoms with E-state index < -0.39 is 13.6 Å². The Morgan fingerprint density at radius 2 is 0.821 bits per heavy atom. The summed E-state index contributed by atoms with van der Waals surface area (Å²) < 4.78 is 4.47. The number of halogens is 1. The molecule has 4 aromatic carbocycles. The van der Waals surface area contributed by atoms with Gasteiger partial charge in [0.1, 0.15) is 0 Å². The molecule has 0 fully saturated rings. The van der Waals surface area contributed by atoms with E-state index >= 15 is 0 Å². The van der Waals surface area contributed by atoms with Crippen molar-refractivity contribution in [2.45, 2.75) is 10.5 Å². The molecule has 0 unspecified atom stereocenters. The molecule has 0 N–H and O–H groups in total. The number of rotatable bonds is 6. The van der Waals surface area contributed by atoms with Gasteiger partial charge in [-0.25, -0.2) is 0 Å². The van der Waals surface area contributed by atoms with Crippen LogP contribution in [0.15, 0.2) is 115 Å². The van der Waals surface area contributed by atoms with Gasteiger partial charge in [0.15, 0.2) is 0 Å². The molecule has 4 rings (SSSR count). The van der Waals surface area contributed by atoms with Crippen LogP contribution in [0.2, 0.25) is 0 Å². The second kappa shape index (κ2) is 8.95. The van der Waals surface area contributed by atoms with Gasteiger partial charge in [-0.15, -0.1) is 0 Å². The van der Waals surface area contributed by atoms with Crippen LogP contribution in [0.3, 0.4) is 0 Å². The van der Waals surface area contributed by atoms with Crippen LogP contribution in [-0.2, 0) is 10.5 Å². The van der Waals surface area contributed by atoms with E-state index in [1.807, 2.05) is 0 Å². The Labute approximate surface area is 178 Å². The van der Waals surface area contributed by atoms with Gasteiger partial charge < -0.3 is 0 Å². The quantitative estimate of drug-likeness (QED) is 0.268. The topological polar surface area (TPSA) is 0 Å². The van der Waals surface area contributed by atoms with E-state index in [0.717, 1.165) is 10.5 Å². The molecule has 0 saturated carbocycles. The third-order valence-corrected chi connectivity index (χ3v) is 15.0. The Kier molecular flexibility index (Phi) is 6.15. The molecule has 0 heterocycles. The van der Waals surface area contributed by atoms with Gasteiger partial charge in [-0.1, -0.05) is 0 Å². The molecule has 0 atom stereocenters. The summed E-state index contributed by atoms with van der Waals surface area (Å²) >= 11 is 0.893. The van der Waals surface area contributed by atoms with Crippen molar-refractivity contribution in [3.8, 4) is 0 Å². The molecule has 0 bridgehead atoms. The zero-order valence-corrected chi connectivity index (χ0v) is 19.2. The van der Waals surface area contributed by atoms with Gasteiger partial charge in [0.2, 0.25) is 0 Å². The minimum absolute atomic E-state index is 0.897. The number of alkyl halides is 1. The van der Waals surface area contributed by atoms with Crippen molar-refractivity contribution < 1.29 is 0 Å². The Morgan fingerprint density at radius 3 is 1.18 bits per heavy atom. The fraction of sp³-hybridized carbons (Fsp3) is 0.0769. The summed E-state index contributed by atoms with van der Waals surface area (Å²) in [4.78, 5) is 0. The molecule has 0 aliphatic heterocycles. The van der Waals surface area contributed by atoms with E-state index in [1.54, 1.807) is 0 Å². The molecule has 0 radical (unpaired) electrons.